The normalized spacial score (nSPS) is 19.0. The first-order valence-electron chi connectivity index (χ1n) is 9.32. The maximum absolute atomic E-state index is 9.41. The molecule has 0 aliphatic carbocycles. The molecule has 1 fully saturated rings. The lowest BCUT2D eigenvalue weighted by molar-refractivity contribution is 0.0958. The molecule has 0 bridgehead atoms. The molecule has 1 saturated heterocycles. The number of aromatic nitrogens is 2. The fourth-order valence-electron chi connectivity index (χ4n) is 3.24. The van der Waals surface area contributed by atoms with Gasteiger partial charge in [-0.1, -0.05) is 25.5 Å². The highest BCUT2D eigenvalue weighted by atomic mass is 16.5. The second-order valence-electron chi connectivity index (χ2n) is 6.92. The Morgan fingerprint density at radius 3 is 2.84 bits per heavy atom. The summed E-state index contributed by atoms with van der Waals surface area (Å²) in [5.41, 5.74) is 3.67. The van der Waals surface area contributed by atoms with Crippen LogP contribution in [0, 0.1) is 5.92 Å². The van der Waals surface area contributed by atoms with Crippen molar-refractivity contribution < 1.29 is 9.84 Å². The molecule has 0 radical (unpaired) electrons. The van der Waals surface area contributed by atoms with Gasteiger partial charge in [-0.2, -0.15) is 5.10 Å². The number of rotatable bonds is 7. The molecule has 25 heavy (non-hydrogen) atoms. The maximum atomic E-state index is 9.41. The van der Waals surface area contributed by atoms with E-state index in [1.54, 1.807) is 0 Å². The summed E-state index contributed by atoms with van der Waals surface area (Å²) in [6, 6.07) is 8.68. The van der Waals surface area contributed by atoms with Crippen molar-refractivity contribution in [2.45, 2.75) is 32.7 Å². The van der Waals surface area contributed by atoms with Gasteiger partial charge in [0.2, 0.25) is 0 Å². The van der Waals surface area contributed by atoms with Gasteiger partial charge in [0.05, 0.1) is 25.1 Å². The molecule has 1 atom stereocenters. The quantitative estimate of drug-likeness (QED) is 0.840. The standard InChI is InChI=1S/C20H29N3O2/c1-2-3-4-17-5-7-20(8-6-17)23-14-18(11-21-23)12-22-9-10-25-16-19(13-22)15-24/h5-8,11,14,19,24H,2-4,9-10,12-13,15-16H2,1H3/t19-/m1/s1. The summed E-state index contributed by atoms with van der Waals surface area (Å²) >= 11 is 0. The van der Waals surface area contributed by atoms with Gasteiger partial charge in [-0.05, 0) is 30.5 Å². The van der Waals surface area contributed by atoms with Crippen LogP contribution in [0.2, 0.25) is 0 Å². The van der Waals surface area contributed by atoms with Crippen LogP contribution < -0.4 is 0 Å². The summed E-state index contributed by atoms with van der Waals surface area (Å²) in [5, 5.41) is 13.9. The fraction of sp³-hybridized carbons (Fsp3) is 0.550. The average molecular weight is 343 g/mol. The Bertz CT molecular complexity index is 639. The van der Waals surface area contributed by atoms with E-state index in [2.05, 4.69) is 47.4 Å². The molecule has 5 nitrogen and oxygen atoms in total. The number of aliphatic hydroxyl groups excluding tert-OH is 1. The molecule has 5 heteroatoms. The average Bonchev–Trinajstić information content (AvgIpc) is 2.98. The smallest absolute Gasteiger partial charge is 0.0645 e. The number of aliphatic hydroxyl groups is 1. The molecule has 2 heterocycles. The maximum Gasteiger partial charge on any atom is 0.0645 e. The van der Waals surface area contributed by atoms with Gasteiger partial charge in [-0.25, -0.2) is 4.68 Å². The monoisotopic (exact) mass is 343 g/mol. The SMILES string of the molecule is CCCCc1ccc(-n2cc(CN3CCOC[C@@H](CO)C3)cn2)cc1. The van der Waals surface area contributed by atoms with Crippen LogP contribution in [0.25, 0.3) is 5.69 Å². The van der Waals surface area contributed by atoms with Gasteiger partial charge in [0, 0.05) is 43.9 Å². The molecule has 0 unspecified atom stereocenters. The van der Waals surface area contributed by atoms with E-state index in [1.165, 1.54) is 24.0 Å². The van der Waals surface area contributed by atoms with Crippen LogP contribution in [-0.4, -0.2) is 52.7 Å². The second-order valence-corrected chi connectivity index (χ2v) is 6.92. The third-order valence-electron chi connectivity index (χ3n) is 4.74. The van der Waals surface area contributed by atoms with Crippen molar-refractivity contribution in [1.82, 2.24) is 14.7 Å². The molecule has 0 spiro atoms. The number of aryl methyl sites for hydroxylation is 1. The second kappa shape index (κ2) is 9.13. The minimum absolute atomic E-state index is 0.181. The third kappa shape index (κ3) is 5.14. The molecule has 1 aromatic heterocycles. The zero-order chi connectivity index (χ0) is 17.5. The number of hydrogen-bond donors (Lipinski definition) is 1. The van der Waals surface area contributed by atoms with Crippen LogP contribution in [0.3, 0.4) is 0 Å². The number of benzene rings is 1. The van der Waals surface area contributed by atoms with Crippen molar-refractivity contribution in [3.05, 3.63) is 47.8 Å². The minimum atomic E-state index is 0.181. The van der Waals surface area contributed by atoms with Crippen LogP contribution in [-0.2, 0) is 17.7 Å². The first-order valence-corrected chi connectivity index (χ1v) is 9.32. The molecule has 2 aromatic rings. The summed E-state index contributed by atoms with van der Waals surface area (Å²) in [4.78, 5) is 2.34. The van der Waals surface area contributed by atoms with Crippen LogP contribution in [0.4, 0.5) is 0 Å². The summed E-state index contributed by atoms with van der Waals surface area (Å²) in [6.07, 6.45) is 7.64. The Hall–Kier alpha value is -1.69. The first kappa shape index (κ1) is 18.1. The number of unbranched alkanes of at least 4 members (excludes halogenated alkanes) is 1. The van der Waals surface area contributed by atoms with Gasteiger partial charge in [-0.15, -0.1) is 0 Å². The van der Waals surface area contributed by atoms with Gasteiger partial charge in [0.1, 0.15) is 0 Å². The minimum Gasteiger partial charge on any atom is -0.396 e. The van der Waals surface area contributed by atoms with E-state index in [-0.39, 0.29) is 12.5 Å². The lowest BCUT2D eigenvalue weighted by Crippen LogP contribution is -2.30. The Kier molecular flexibility index (Phi) is 6.62. The number of nitrogens with zero attached hydrogens (tertiary/aromatic N) is 3. The van der Waals surface area contributed by atoms with Crippen molar-refractivity contribution in [2.24, 2.45) is 5.92 Å². The van der Waals surface area contributed by atoms with Gasteiger partial charge >= 0.3 is 0 Å². The van der Waals surface area contributed by atoms with E-state index in [4.69, 9.17) is 4.74 Å². The van der Waals surface area contributed by atoms with E-state index in [0.29, 0.717) is 6.61 Å². The van der Waals surface area contributed by atoms with E-state index in [0.717, 1.165) is 38.3 Å². The topological polar surface area (TPSA) is 50.5 Å². The Morgan fingerprint density at radius 2 is 2.08 bits per heavy atom. The predicted molar refractivity (Wildman–Crippen MR) is 98.8 cm³/mol. The van der Waals surface area contributed by atoms with Gasteiger partial charge in [-0.3, -0.25) is 4.90 Å². The highest BCUT2D eigenvalue weighted by molar-refractivity contribution is 5.34. The number of ether oxygens (including phenoxy) is 1. The largest absolute Gasteiger partial charge is 0.396 e. The molecule has 0 saturated carbocycles. The molecule has 3 rings (SSSR count). The Labute approximate surface area is 150 Å². The van der Waals surface area contributed by atoms with E-state index in [9.17, 15) is 5.11 Å². The van der Waals surface area contributed by atoms with Gasteiger partial charge in [0.25, 0.3) is 0 Å². The molecule has 1 N–H and O–H groups in total. The lowest BCUT2D eigenvalue weighted by atomic mass is 10.1. The van der Waals surface area contributed by atoms with E-state index in [1.807, 2.05) is 10.9 Å². The van der Waals surface area contributed by atoms with Crippen molar-refractivity contribution in [1.29, 1.82) is 0 Å². The van der Waals surface area contributed by atoms with Crippen LogP contribution in [0.15, 0.2) is 36.7 Å². The summed E-state index contributed by atoms with van der Waals surface area (Å²) in [5.74, 6) is 0.202. The third-order valence-corrected chi connectivity index (χ3v) is 4.74. The van der Waals surface area contributed by atoms with Crippen molar-refractivity contribution in [2.75, 3.05) is 32.9 Å². The predicted octanol–water partition coefficient (Wildman–Crippen LogP) is 2.66. The fourth-order valence-corrected chi connectivity index (χ4v) is 3.24. The molecule has 1 aliphatic heterocycles. The highest BCUT2D eigenvalue weighted by Gasteiger charge is 2.18. The van der Waals surface area contributed by atoms with Crippen molar-refractivity contribution in [3.63, 3.8) is 0 Å². The first-order chi connectivity index (χ1) is 12.3. The summed E-state index contributed by atoms with van der Waals surface area (Å²) in [6.45, 7) is 6.38. The molecule has 1 aromatic carbocycles. The Morgan fingerprint density at radius 1 is 1.24 bits per heavy atom. The van der Waals surface area contributed by atoms with Gasteiger partial charge in [0.15, 0.2) is 0 Å². The molecule has 1 aliphatic rings. The van der Waals surface area contributed by atoms with Gasteiger partial charge < -0.3 is 9.84 Å². The zero-order valence-electron chi connectivity index (χ0n) is 15.1. The lowest BCUT2D eigenvalue weighted by Gasteiger charge is -2.21. The van der Waals surface area contributed by atoms with E-state index < -0.39 is 0 Å². The zero-order valence-corrected chi connectivity index (χ0v) is 15.1. The number of hydrogen-bond acceptors (Lipinski definition) is 4. The van der Waals surface area contributed by atoms with Crippen molar-refractivity contribution >= 4 is 0 Å². The molecule has 136 valence electrons. The molecule has 0 amide bonds. The van der Waals surface area contributed by atoms with E-state index >= 15 is 0 Å². The van der Waals surface area contributed by atoms with Crippen LogP contribution >= 0.6 is 0 Å². The summed E-state index contributed by atoms with van der Waals surface area (Å²) in [7, 11) is 0. The van der Waals surface area contributed by atoms with Crippen LogP contribution in [0.1, 0.15) is 30.9 Å². The summed E-state index contributed by atoms with van der Waals surface area (Å²) < 4.78 is 7.50. The highest BCUT2D eigenvalue weighted by Crippen LogP contribution is 2.14. The Balaban J connectivity index is 1.61. The van der Waals surface area contributed by atoms with Crippen molar-refractivity contribution in [3.8, 4) is 5.69 Å². The van der Waals surface area contributed by atoms with Crippen LogP contribution in [0.5, 0.6) is 0 Å². The molecular formula is C20H29N3O2. The molecular weight excluding hydrogens is 314 g/mol.